The van der Waals surface area contributed by atoms with Crippen molar-refractivity contribution in [1.29, 1.82) is 0 Å². The molecule has 0 amide bonds. The van der Waals surface area contributed by atoms with Gasteiger partial charge in [0, 0.05) is 22.3 Å². The largest absolute Gasteiger partial charge is 0.449 e. The van der Waals surface area contributed by atoms with Crippen LogP contribution in [0.3, 0.4) is 0 Å². The molecule has 0 saturated heterocycles. The molecule has 0 radical (unpaired) electrons. The van der Waals surface area contributed by atoms with E-state index in [-0.39, 0.29) is 0 Å². The molecule has 268 valence electrons. The highest BCUT2D eigenvalue weighted by Gasteiger charge is 2.48. The van der Waals surface area contributed by atoms with Crippen LogP contribution in [-0.4, -0.2) is 15.0 Å². The first-order valence-electron chi connectivity index (χ1n) is 19.1. The van der Waals surface area contributed by atoms with Crippen LogP contribution >= 0.6 is 0 Å². The smallest absolute Gasteiger partial charge is 0.178 e. The predicted octanol–water partition coefficient (Wildman–Crippen LogP) is 12.8. The molecule has 5 heteroatoms. The number of rotatable bonds is 6. The molecule has 2 aliphatic rings. The van der Waals surface area contributed by atoms with Crippen LogP contribution in [0.1, 0.15) is 22.3 Å². The highest BCUT2D eigenvalue weighted by atomic mass is 16.6. The Balaban J connectivity index is 1.05. The van der Waals surface area contributed by atoms with Gasteiger partial charge in [-0.05, 0) is 57.1 Å². The maximum Gasteiger partial charge on any atom is 0.178 e. The Labute approximate surface area is 330 Å². The third kappa shape index (κ3) is 5.28. The third-order valence-corrected chi connectivity index (χ3v) is 11.1. The van der Waals surface area contributed by atoms with Gasteiger partial charge in [-0.1, -0.05) is 182 Å². The van der Waals surface area contributed by atoms with Crippen LogP contribution < -0.4 is 9.47 Å². The van der Waals surface area contributed by atoms with E-state index in [1.807, 2.05) is 78.9 Å². The summed E-state index contributed by atoms with van der Waals surface area (Å²) in [6.45, 7) is 0. The van der Waals surface area contributed by atoms with E-state index in [1.54, 1.807) is 0 Å². The lowest BCUT2D eigenvalue weighted by Gasteiger charge is -2.34. The maximum absolute atomic E-state index is 7.04. The molecular weight excluding hydrogens is 699 g/mol. The van der Waals surface area contributed by atoms with Gasteiger partial charge in [0.05, 0.1) is 5.41 Å². The van der Waals surface area contributed by atoms with Gasteiger partial charge in [0.25, 0.3) is 0 Å². The molecule has 1 aromatic heterocycles. The molecule has 0 N–H and O–H groups in total. The topological polar surface area (TPSA) is 57.1 Å². The summed E-state index contributed by atoms with van der Waals surface area (Å²) in [5.41, 5.74) is 11.0. The zero-order valence-corrected chi connectivity index (χ0v) is 30.7. The second kappa shape index (κ2) is 13.3. The monoisotopic (exact) mass is 731 g/mol. The van der Waals surface area contributed by atoms with Crippen LogP contribution in [-0.2, 0) is 5.41 Å². The minimum Gasteiger partial charge on any atom is -0.449 e. The average molecular weight is 732 g/mol. The van der Waals surface area contributed by atoms with E-state index in [1.165, 1.54) is 16.7 Å². The van der Waals surface area contributed by atoms with Crippen molar-refractivity contribution in [1.82, 2.24) is 15.0 Å². The normalized spacial score (nSPS) is 13.0. The fourth-order valence-electron chi connectivity index (χ4n) is 8.59. The van der Waals surface area contributed by atoms with Crippen molar-refractivity contribution in [3.05, 3.63) is 222 Å². The maximum atomic E-state index is 7.04. The van der Waals surface area contributed by atoms with Crippen LogP contribution in [0.5, 0.6) is 23.0 Å². The first-order valence-corrected chi connectivity index (χ1v) is 19.1. The summed E-state index contributed by atoms with van der Waals surface area (Å²) in [6, 6.07) is 69.0. The van der Waals surface area contributed by atoms with E-state index in [9.17, 15) is 0 Å². The second-order valence-corrected chi connectivity index (χ2v) is 14.3. The molecule has 9 aromatic rings. The lowest BCUT2D eigenvalue weighted by atomic mass is 9.68. The summed E-state index contributed by atoms with van der Waals surface area (Å²) in [7, 11) is 0. The molecule has 0 bridgehead atoms. The Morgan fingerprint density at radius 2 is 0.842 bits per heavy atom. The van der Waals surface area contributed by atoms with Gasteiger partial charge in [0.1, 0.15) is 0 Å². The summed E-state index contributed by atoms with van der Waals surface area (Å²) in [5, 5.41) is 0. The van der Waals surface area contributed by atoms with Crippen molar-refractivity contribution in [2.75, 3.05) is 0 Å². The van der Waals surface area contributed by atoms with E-state index in [2.05, 4.69) is 121 Å². The molecule has 0 spiro atoms. The zero-order valence-electron chi connectivity index (χ0n) is 30.7. The third-order valence-electron chi connectivity index (χ3n) is 11.1. The Hall–Kier alpha value is -7.63. The minimum atomic E-state index is -0.546. The number of hydrogen-bond donors (Lipinski definition) is 0. The van der Waals surface area contributed by atoms with Crippen LogP contribution in [0.15, 0.2) is 200 Å². The van der Waals surface area contributed by atoms with Gasteiger partial charge >= 0.3 is 0 Å². The van der Waals surface area contributed by atoms with E-state index >= 15 is 0 Å². The van der Waals surface area contributed by atoms with Crippen LogP contribution in [0.25, 0.3) is 56.4 Å². The van der Waals surface area contributed by atoms with Crippen molar-refractivity contribution in [2.45, 2.75) is 5.41 Å². The fraction of sp³-hybridized carbons (Fsp3) is 0.0192. The summed E-state index contributed by atoms with van der Waals surface area (Å²) in [4.78, 5) is 15.0. The number of benzene rings is 8. The number of aromatic nitrogens is 3. The summed E-state index contributed by atoms with van der Waals surface area (Å²) < 4.78 is 13.7. The van der Waals surface area contributed by atoms with Crippen molar-refractivity contribution < 1.29 is 9.47 Å². The van der Waals surface area contributed by atoms with Crippen molar-refractivity contribution in [2.24, 2.45) is 0 Å². The molecule has 1 aliphatic heterocycles. The lowest BCUT2D eigenvalue weighted by molar-refractivity contribution is 0.360. The first kappa shape index (κ1) is 32.8. The Morgan fingerprint density at radius 1 is 0.333 bits per heavy atom. The molecule has 1 aliphatic carbocycles. The van der Waals surface area contributed by atoms with Gasteiger partial charge in [-0.15, -0.1) is 0 Å². The van der Waals surface area contributed by atoms with Gasteiger partial charge < -0.3 is 9.47 Å². The molecule has 0 fully saturated rings. The summed E-state index contributed by atoms with van der Waals surface area (Å²) in [5.74, 6) is 4.52. The van der Waals surface area contributed by atoms with E-state index in [0.29, 0.717) is 40.5 Å². The molecular formula is C52H33N3O2. The zero-order chi connectivity index (χ0) is 37.8. The van der Waals surface area contributed by atoms with Gasteiger partial charge in [-0.3, -0.25) is 0 Å². The Bertz CT molecular complexity index is 2850. The lowest BCUT2D eigenvalue weighted by Crippen LogP contribution is -2.28. The minimum absolute atomic E-state index is 0.546. The Kier molecular flexibility index (Phi) is 7.64. The van der Waals surface area contributed by atoms with Gasteiger partial charge in [0.2, 0.25) is 0 Å². The number of fused-ring (bicyclic) bond motifs is 6. The highest BCUT2D eigenvalue weighted by molar-refractivity contribution is 5.92. The van der Waals surface area contributed by atoms with Crippen LogP contribution in [0.4, 0.5) is 0 Å². The average Bonchev–Trinajstić information content (AvgIpc) is 3.61. The van der Waals surface area contributed by atoms with Crippen LogP contribution in [0, 0.1) is 0 Å². The molecule has 0 atom stereocenters. The van der Waals surface area contributed by atoms with E-state index in [0.717, 1.165) is 44.5 Å². The Morgan fingerprint density at radius 3 is 1.47 bits per heavy atom. The van der Waals surface area contributed by atoms with Crippen LogP contribution in [0.2, 0.25) is 0 Å². The van der Waals surface area contributed by atoms with Gasteiger partial charge in [0.15, 0.2) is 40.5 Å². The molecule has 2 heterocycles. The van der Waals surface area contributed by atoms with Crippen molar-refractivity contribution in [3.8, 4) is 79.4 Å². The molecule has 5 nitrogen and oxygen atoms in total. The molecule has 11 rings (SSSR count). The number of ether oxygens (including phenoxy) is 2. The standard InChI is InChI=1S/C52H33N3O2/c1-5-17-34(18-6-1)49-53-50(35-19-7-2-8-20-35)55-51(54-49)40-26-14-13-25-39(40)36-29-31-44-46(33-36)57-48-45(56-44)32-30-43-47(48)41-27-15-16-28-42(41)52(43,37-21-9-3-10-22-37)38-23-11-4-12-24-38/h1-33H. The summed E-state index contributed by atoms with van der Waals surface area (Å²) >= 11 is 0. The van der Waals surface area contributed by atoms with Crippen molar-refractivity contribution in [3.63, 3.8) is 0 Å². The number of nitrogens with zero attached hydrogens (tertiary/aromatic N) is 3. The second-order valence-electron chi connectivity index (χ2n) is 14.3. The fourth-order valence-corrected chi connectivity index (χ4v) is 8.59. The van der Waals surface area contributed by atoms with E-state index < -0.39 is 5.41 Å². The van der Waals surface area contributed by atoms with Gasteiger partial charge in [-0.2, -0.15) is 0 Å². The molecule has 57 heavy (non-hydrogen) atoms. The highest BCUT2D eigenvalue weighted by Crippen LogP contribution is 2.62. The number of hydrogen-bond acceptors (Lipinski definition) is 5. The van der Waals surface area contributed by atoms with Gasteiger partial charge in [-0.25, -0.2) is 15.0 Å². The molecule has 0 saturated carbocycles. The van der Waals surface area contributed by atoms with E-state index in [4.69, 9.17) is 24.4 Å². The summed E-state index contributed by atoms with van der Waals surface area (Å²) in [6.07, 6.45) is 0. The predicted molar refractivity (Wildman–Crippen MR) is 225 cm³/mol. The molecule has 8 aromatic carbocycles. The SMILES string of the molecule is c1ccc(-c2nc(-c3ccccc3)nc(-c3ccccc3-c3ccc4c(c3)Oc3c(ccc5c3-c3ccccc3C5(c3ccccc3)c3ccccc3)O4)n2)cc1. The quantitative estimate of drug-likeness (QED) is 0.170. The van der Waals surface area contributed by atoms with Crippen molar-refractivity contribution >= 4 is 0 Å². The molecule has 0 unspecified atom stereocenters. The first-order chi connectivity index (χ1) is 28.3.